The molecule has 3 nitrogen and oxygen atoms in total. The first-order valence-corrected chi connectivity index (χ1v) is 6.61. The Labute approximate surface area is 95.2 Å². The van der Waals surface area contributed by atoms with Gasteiger partial charge in [0.25, 0.3) is 0 Å². The zero-order valence-corrected chi connectivity index (χ0v) is 11.2. The van der Waals surface area contributed by atoms with E-state index in [4.69, 9.17) is 0 Å². The van der Waals surface area contributed by atoms with Crippen molar-refractivity contribution in [1.82, 2.24) is 4.72 Å². The molecule has 0 heterocycles. The average molecular weight is 233 g/mol. The monoisotopic (exact) mass is 233 g/mol. The summed E-state index contributed by atoms with van der Waals surface area (Å²) in [4.78, 5) is 0. The van der Waals surface area contributed by atoms with Gasteiger partial charge >= 0.3 is 0 Å². The summed E-state index contributed by atoms with van der Waals surface area (Å²) in [6, 6.07) is 0. The molecule has 1 aliphatic carbocycles. The summed E-state index contributed by atoms with van der Waals surface area (Å²) in [6.45, 7) is 9.81. The predicted octanol–water partition coefficient (Wildman–Crippen LogP) is 1.73. The second-order valence-electron chi connectivity index (χ2n) is 6.27. The highest BCUT2D eigenvalue weighted by Gasteiger charge is 2.45. The fourth-order valence-corrected chi connectivity index (χ4v) is 2.46. The molecule has 0 amide bonds. The predicted molar refractivity (Wildman–Crippen MR) is 63.9 cm³/mol. The van der Waals surface area contributed by atoms with Crippen molar-refractivity contribution < 1.29 is 9.32 Å². The topological polar surface area (TPSA) is 49.3 Å². The first-order chi connectivity index (χ1) is 6.54. The van der Waals surface area contributed by atoms with Crippen LogP contribution in [0.25, 0.3) is 0 Å². The Bertz CT molecular complexity index is 264. The maximum absolute atomic E-state index is 11.9. The molecule has 1 fully saturated rings. The highest BCUT2D eigenvalue weighted by molar-refractivity contribution is 7.84. The number of aliphatic hydroxyl groups is 1. The van der Waals surface area contributed by atoms with Gasteiger partial charge < -0.3 is 5.11 Å². The molecule has 0 aliphatic heterocycles. The Balaban J connectivity index is 2.52. The molecule has 1 saturated carbocycles. The van der Waals surface area contributed by atoms with Gasteiger partial charge in [-0.3, -0.25) is 0 Å². The Morgan fingerprint density at radius 3 is 2.07 bits per heavy atom. The van der Waals surface area contributed by atoms with Gasteiger partial charge in [0, 0.05) is 5.54 Å². The minimum absolute atomic E-state index is 0.260. The van der Waals surface area contributed by atoms with Crippen LogP contribution < -0.4 is 4.72 Å². The first kappa shape index (κ1) is 13.1. The molecule has 2 N–H and O–H groups in total. The molecule has 0 aromatic carbocycles. The van der Waals surface area contributed by atoms with E-state index < -0.39 is 16.6 Å². The van der Waals surface area contributed by atoms with E-state index in [9.17, 15) is 9.32 Å². The number of nitrogens with one attached hydrogen (secondary N) is 1. The smallest absolute Gasteiger partial charge is 0.0975 e. The van der Waals surface area contributed by atoms with Crippen molar-refractivity contribution >= 4 is 11.0 Å². The van der Waals surface area contributed by atoms with E-state index >= 15 is 0 Å². The molecule has 1 unspecified atom stereocenters. The van der Waals surface area contributed by atoms with Gasteiger partial charge in [-0.2, -0.15) is 0 Å². The zero-order chi connectivity index (χ0) is 11.9. The Morgan fingerprint density at radius 1 is 1.27 bits per heavy atom. The normalized spacial score (nSPS) is 22.5. The van der Waals surface area contributed by atoms with E-state index in [1.54, 1.807) is 0 Å². The third-order valence-electron chi connectivity index (χ3n) is 2.52. The Morgan fingerprint density at radius 2 is 1.73 bits per heavy atom. The van der Waals surface area contributed by atoms with Gasteiger partial charge in [0.05, 0.1) is 21.3 Å². The van der Waals surface area contributed by atoms with Gasteiger partial charge in [-0.15, -0.1) is 0 Å². The van der Waals surface area contributed by atoms with E-state index in [1.807, 2.05) is 34.6 Å². The molecule has 1 aliphatic rings. The van der Waals surface area contributed by atoms with Crippen LogP contribution in [0.4, 0.5) is 0 Å². The molecule has 0 aromatic heterocycles. The van der Waals surface area contributed by atoms with Gasteiger partial charge in [0.2, 0.25) is 0 Å². The Kier molecular flexibility index (Phi) is 3.35. The lowest BCUT2D eigenvalue weighted by Crippen LogP contribution is -2.48. The van der Waals surface area contributed by atoms with Crippen molar-refractivity contribution in [3.8, 4) is 0 Å². The molecule has 0 aromatic rings. The van der Waals surface area contributed by atoms with Crippen LogP contribution in [0.1, 0.15) is 53.9 Å². The second kappa shape index (κ2) is 3.82. The maximum atomic E-state index is 11.9. The van der Waals surface area contributed by atoms with Crippen molar-refractivity contribution in [1.29, 1.82) is 0 Å². The summed E-state index contributed by atoms with van der Waals surface area (Å²) < 4.78 is 14.7. The van der Waals surface area contributed by atoms with Gasteiger partial charge in [-0.25, -0.2) is 8.93 Å². The number of hydrogen-bond donors (Lipinski definition) is 2. The second-order valence-corrected chi connectivity index (χ2v) is 8.23. The van der Waals surface area contributed by atoms with Crippen LogP contribution >= 0.6 is 0 Å². The molecule has 90 valence electrons. The molecule has 15 heavy (non-hydrogen) atoms. The third kappa shape index (κ3) is 4.21. The highest BCUT2D eigenvalue weighted by Crippen LogP contribution is 2.41. The van der Waals surface area contributed by atoms with E-state index in [0.717, 1.165) is 12.8 Å². The van der Waals surface area contributed by atoms with Crippen molar-refractivity contribution in [3.63, 3.8) is 0 Å². The summed E-state index contributed by atoms with van der Waals surface area (Å²) >= 11 is 0. The van der Waals surface area contributed by atoms with Crippen LogP contribution in [-0.2, 0) is 11.0 Å². The van der Waals surface area contributed by atoms with Gasteiger partial charge in [-0.05, 0) is 53.9 Å². The molecule has 0 spiro atoms. The average Bonchev–Trinajstić information content (AvgIpc) is 2.62. The van der Waals surface area contributed by atoms with Crippen LogP contribution in [0, 0.1) is 0 Å². The summed E-state index contributed by atoms with van der Waals surface area (Å²) in [5.74, 6) is 0. The molecule has 0 radical (unpaired) electrons. The number of rotatable bonds is 4. The first-order valence-electron chi connectivity index (χ1n) is 5.46. The summed E-state index contributed by atoms with van der Waals surface area (Å²) in [5, 5.41) is 9.84. The maximum Gasteiger partial charge on any atom is 0.0975 e. The minimum atomic E-state index is -1.07. The quantitative estimate of drug-likeness (QED) is 0.777. The zero-order valence-electron chi connectivity index (χ0n) is 10.4. The van der Waals surface area contributed by atoms with Crippen molar-refractivity contribution in [2.45, 2.75) is 69.8 Å². The molecule has 1 atom stereocenters. The fraction of sp³-hybridized carbons (Fsp3) is 1.00. The van der Waals surface area contributed by atoms with Gasteiger partial charge in [0.15, 0.2) is 0 Å². The minimum Gasteiger partial charge on any atom is -0.390 e. The van der Waals surface area contributed by atoms with E-state index in [-0.39, 0.29) is 10.3 Å². The van der Waals surface area contributed by atoms with Crippen molar-refractivity contribution in [3.05, 3.63) is 0 Å². The van der Waals surface area contributed by atoms with Crippen LogP contribution in [0.15, 0.2) is 0 Å². The lowest BCUT2D eigenvalue weighted by molar-refractivity contribution is 0.113. The Hall–Kier alpha value is 0.0700. The van der Waals surface area contributed by atoms with Crippen LogP contribution in [0.5, 0.6) is 0 Å². The standard InChI is InChI=1S/C11H23NO2S/c1-9(2,3)15(14)12-10(4,5)8-11(13)6-7-11/h12-13H,6-8H2,1-5H3. The van der Waals surface area contributed by atoms with Crippen molar-refractivity contribution in [2.24, 2.45) is 0 Å². The summed E-state index contributed by atoms with van der Waals surface area (Å²) in [7, 11) is -1.07. The SMILES string of the molecule is CC(C)(CC1(O)CC1)NS(=O)C(C)(C)C. The fourth-order valence-electron chi connectivity index (χ4n) is 1.58. The lowest BCUT2D eigenvalue weighted by atomic mass is 9.97. The van der Waals surface area contributed by atoms with Gasteiger partial charge in [-0.1, -0.05) is 0 Å². The molecule has 0 saturated heterocycles. The number of hydrogen-bond acceptors (Lipinski definition) is 2. The molecular weight excluding hydrogens is 210 g/mol. The van der Waals surface area contributed by atoms with E-state index in [1.165, 1.54) is 0 Å². The van der Waals surface area contributed by atoms with E-state index in [0.29, 0.717) is 6.42 Å². The van der Waals surface area contributed by atoms with Gasteiger partial charge in [0.1, 0.15) is 0 Å². The van der Waals surface area contributed by atoms with Crippen LogP contribution in [0.2, 0.25) is 0 Å². The van der Waals surface area contributed by atoms with Crippen LogP contribution in [0.3, 0.4) is 0 Å². The molecule has 4 heteroatoms. The molecule has 1 rings (SSSR count). The molecule has 0 bridgehead atoms. The van der Waals surface area contributed by atoms with Crippen molar-refractivity contribution in [2.75, 3.05) is 0 Å². The summed E-state index contributed by atoms with van der Waals surface area (Å²) in [6.07, 6.45) is 2.42. The third-order valence-corrected chi connectivity index (χ3v) is 4.37. The van der Waals surface area contributed by atoms with E-state index in [2.05, 4.69) is 4.72 Å². The molecular formula is C11H23NO2S. The summed E-state index contributed by atoms with van der Waals surface area (Å²) in [5.41, 5.74) is -0.776. The largest absolute Gasteiger partial charge is 0.390 e. The lowest BCUT2D eigenvalue weighted by Gasteiger charge is -2.31. The highest BCUT2D eigenvalue weighted by atomic mass is 32.2. The van der Waals surface area contributed by atoms with Crippen LogP contribution in [-0.4, -0.2) is 25.2 Å².